The Morgan fingerprint density at radius 1 is 1.54 bits per heavy atom. The van der Waals surface area contributed by atoms with Crippen LogP contribution >= 0.6 is 11.6 Å². The summed E-state index contributed by atoms with van der Waals surface area (Å²) >= 11 is 5.40. The lowest BCUT2D eigenvalue weighted by molar-refractivity contribution is 0.373. The van der Waals surface area contributed by atoms with E-state index in [-0.39, 0.29) is 5.75 Å². The van der Waals surface area contributed by atoms with Crippen molar-refractivity contribution in [2.75, 3.05) is 13.0 Å². The van der Waals surface area contributed by atoms with Gasteiger partial charge in [-0.3, -0.25) is 0 Å². The number of rotatable bonds is 1. The van der Waals surface area contributed by atoms with Crippen LogP contribution in [0.3, 0.4) is 0 Å². The summed E-state index contributed by atoms with van der Waals surface area (Å²) in [6, 6.07) is 4.91. The smallest absolute Gasteiger partial charge is 0.161 e. The molecule has 0 saturated heterocycles. The lowest BCUT2D eigenvalue weighted by Crippen LogP contribution is -1.84. The molecule has 68 valence electrons. The second-order valence-electron chi connectivity index (χ2n) is 2.32. The van der Waals surface area contributed by atoms with E-state index in [0.717, 1.165) is 5.56 Å². The highest BCUT2D eigenvalue weighted by molar-refractivity contribution is 6.19. The fourth-order valence-corrected chi connectivity index (χ4v) is 0.958. The van der Waals surface area contributed by atoms with Gasteiger partial charge in [-0.25, -0.2) is 0 Å². The van der Waals surface area contributed by atoms with Crippen molar-refractivity contribution in [2.45, 2.75) is 0 Å². The molecule has 1 aromatic rings. The van der Waals surface area contributed by atoms with Gasteiger partial charge in [0.05, 0.1) is 13.0 Å². The maximum absolute atomic E-state index is 9.26. The van der Waals surface area contributed by atoms with Gasteiger partial charge in [0.25, 0.3) is 0 Å². The third-order valence-corrected chi connectivity index (χ3v) is 1.61. The first-order valence-electron chi connectivity index (χ1n) is 3.69. The monoisotopic (exact) mass is 196 g/mol. The molecule has 0 spiro atoms. The molecule has 0 aromatic heterocycles. The Balaban J connectivity index is 2.99. The highest BCUT2D eigenvalue weighted by atomic mass is 35.5. The molecule has 2 nitrogen and oxygen atoms in total. The predicted molar refractivity (Wildman–Crippen MR) is 52.3 cm³/mol. The molecular formula is C10H9ClO2. The number of alkyl halides is 1. The first-order valence-corrected chi connectivity index (χ1v) is 4.23. The molecule has 0 heterocycles. The summed E-state index contributed by atoms with van der Waals surface area (Å²) in [7, 11) is 1.49. The van der Waals surface area contributed by atoms with Crippen LogP contribution in [0.1, 0.15) is 5.56 Å². The summed E-state index contributed by atoms with van der Waals surface area (Å²) in [5, 5.41) is 9.26. The average Bonchev–Trinajstić information content (AvgIpc) is 2.16. The summed E-state index contributed by atoms with van der Waals surface area (Å²) in [5.74, 6) is 6.36. The fourth-order valence-electron chi connectivity index (χ4n) is 0.891. The zero-order chi connectivity index (χ0) is 9.68. The largest absolute Gasteiger partial charge is 0.504 e. The van der Waals surface area contributed by atoms with Crippen molar-refractivity contribution in [3.8, 4) is 23.3 Å². The maximum atomic E-state index is 9.26. The molecule has 1 N–H and O–H groups in total. The number of aromatic hydroxyl groups is 1. The number of benzene rings is 1. The summed E-state index contributed by atoms with van der Waals surface area (Å²) in [6.45, 7) is 0. The molecule has 0 unspecified atom stereocenters. The van der Waals surface area contributed by atoms with Crippen molar-refractivity contribution in [3.63, 3.8) is 0 Å². The van der Waals surface area contributed by atoms with Crippen LogP contribution in [0.25, 0.3) is 0 Å². The van der Waals surface area contributed by atoms with Crippen molar-refractivity contribution in [2.24, 2.45) is 0 Å². The molecule has 0 aliphatic rings. The molecule has 0 bridgehead atoms. The van der Waals surface area contributed by atoms with Crippen molar-refractivity contribution >= 4 is 11.6 Å². The molecule has 1 rings (SSSR count). The van der Waals surface area contributed by atoms with E-state index >= 15 is 0 Å². The van der Waals surface area contributed by atoms with Gasteiger partial charge in [0.15, 0.2) is 11.5 Å². The Kier molecular flexibility index (Phi) is 3.48. The molecule has 0 atom stereocenters. The molecule has 0 radical (unpaired) electrons. The highest BCUT2D eigenvalue weighted by Gasteiger charge is 1.99. The van der Waals surface area contributed by atoms with Crippen LogP contribution in [0, 0.1) is 11.8 Å². The predicted octanol–water partition coefficient (Wildman–Crippen LogP) is 1.99. The number of phenolic OH excluding ortho intramolecular Hbond substituents is 1. The van der Waals surface area contributed by atoms with Crippen molar-refractivity contribution in [3.05, 3.63) is 23.8 Å². The van der Waals surface area contributed by atoms with E-state index in [4.69, 9.17) is 16.3 Å². The van der Waals surface area contributed by atoms with Gasteiger partial charge >= 0.3 is 0 Å². The van der Waals surface area contributed by atoms with E-state index < -0.39 is 0 Å². The van der Waals surface area contributed by atoms with E-state index in [1.54, 1.807) is 12.1 Å². The Bertz CT molecular complexity index is 350. The van der Waals surface area contributed by atoms with Gasteiger partial charge in [0.1, 0.15) is 0 Å². The minimum absolute atomic E-state index is 0.110. The molecule has 0 aliphatic heterocycles. The van der Waals surface area contributed by atoms with E-state index in [2.05, 4.69) is 11.8 Å². The first kappa shape index (κ1) is 9.76. The molecular weight excluding hydrogens is 188 g/mol. The number of ether oxygens (including phenoxy) is 1. The zero-order valence-corrected chi connectivity index (χ0v) is 7.93. The topological polar surface area (TPSA) is 29.5 Å². The lowest BCUT2D eigenvalue weighted by atomic mass is 10.2. The first-order chi connectivity index (χ1) is 6.27. The zero-order valence-electron chi connectivity index (χ0n) is 7.17. The lowest BCUT2D eigenvalue weighted by Gasteiger charge is -2.02. The normalized spacial score (nSPS) is 8.77. The molecule has 0 amide bonds. The van der Waals surface area contributed by atoms with Gasteiger partial charge in [-0.05, 0) is 18.2 Å². The Morgan fingerprint density at radius 2 is 2.31 bits per heavy atom. The van der Waals surface area contributed by atoms with Crippen molar-refractivity contribution in [1.82, 2.24) is 0 Å². The quantitative estimate of drug-likeness (QED) is 0.550. The summed E-state index contributed by atoms with van der Waals surface area (Å²) in [4.78, 5) is 0. The van der Waals surface area contributed by atoms with Crippen LogP contribution in [-0.4, -0.2) is 18.1 Å². The van der Waals surface area contributed by atoms with Gasteiger partial charge in [0.2, 0.25) is 0 Å². The van der Waals surface area contributed by atoms with Gasteiger partial charge in [0, 0.05) is 5.56 Å². The number of hydrogen-bond acceptors (Lipinski definition) is 2. The van der Waals surface area contributed by atoms with E-state index in [9.17, 15) is 5.11 Å². The van der Waals surface area contributed by atoms with E-state index in [1.165, 1.54) is 13.2 Å². The summed E-state index contributed by atoms with van der Waals surface area (Å²) in [5.41, 5.74) is 0.773. The van der Waals surface area contributed by atoms with Crippen LogP contribution in [0.5, 0.6) is 11.5 Å². The van der Waals surface area contributed by atoms with Gasteiger partial charge < -0.3 is 9.84 Å². The van der Waals surface area contributed by atoms with Crippen LogP contribution in [0.15, 0.2) is 18.2 Å². The maximum Gasteiger partial charge on any atom is 0.161 e. The van der Waals surface area contributed by atoms with Crippen molar-refractivity contribution in [1.29, 1.82) is 0 Å². The number of phenols is 1. The average molecular weight is 197 g/mol. The van der Waals surface area contributed by atoms with Crippen LogP contribution in [0.2, 0.25) is 0 Å². The fraction of sp³-hybridized carbons (Fsp3) is 0.200. The van der Waals surface area contributed by atoms with Crippen LogP contribution < -0.4 is 4.74 Å². The molecule has 3 heteroatoms. The third kappa shape index (κ3) is 2.57. The molecule has 13 heavy (non-hydrogen) atoms. The molecule has 0 fully saturated rings. The number of methoxy groups -OCH3 is 1. The number of halogens is 1. The molecule has 0 saturated carbocycles. The second-order valence-corrected chi connectivity index (χ2v) is 2.59. The minimum atomic E-state index is 0.110. The molecule has 1 aromatic carbocycles. The Labute approximate surface area is 82.1 Å². The van der Waals surface area contributed by atoms with Crippen LogP contribution in [-0.2, 0) is 0 Å². The molecule has 0 aliphatic carbocycles. The van der Waals surface area contributed by atoms with Crippen molar-refractivity contribution < 1.29 is 9.84 Å². The van der Waals surface area contributed by atoms with Gasteiger partial charge in [-0.1, -0.05) is 11.8 Å². The van der Waals surface area contributed by atoms with Crippen LogP contribution in [0.4, 0.5) is 0 Å². The second kappa shape index (κ2) is 4.64. The SMILES string of the molecule is COc1cc(C#CCCl)ccc1O. The third-order valence-electron chi connectivity index (χ3n) is 1.48. The minimum Gasteiger partial charge on any atom is -0.504 e. The van der Waals surface area contributed by atoms with Gasteiger partial charge in [-0.15, -0.1) is 11.6 Å². The van der Waals surface area contributed by atoms with Gasteiger partial charge in [-0.2, -0.15) is 0 Å². The Morgan fingerprint density at radius 3 is 2.92 bits per heavy atom. The summed E-state index contributed by atoms with van der Waals surface area (Å²) < 4.78 is 4.91. The van der Waals surface area contributed by atoms with E-state index in [1.807, 2.05) is 0 Å². The van der Waals surface area contributed by atoms with E-state index in [0.29, 0.717) is 11.6 Å². The number of hydrogen-bond donors (Lipinski definition) is 1. The highest BCUT2D eigenvalue weighted by Crippen LogP contribution is 2.25. The Hall–Kier alpha value is -1.33. The standard InChI is InChI=1S/C10H9ClO2/c1-13-10-7-8(3-2-6-11)4-5-9(10)12/h4-5,7,12H,6H2,1H3. The summed E-state index contributed by atoms with van der Waals surface area (Å²) in [6.07, 6.45) is 0.